The Labute approximate surface area is 199 Å². The van der Waals surface area contributed by atoms with E-state index in [1.54, 1.807) is 0 Å². The van der Waals surface area contributed by atoms with Gasteiger partial charge in [0.25, 0.3) is 0 Å². The molecular weight excluding hydrogens is 420 g/mol. The molecule has 0 fully saturated rings. The molecule has 2 heterocycles. The monoisotopic (exact) mass is 447 g/mol. The van der Waals surface area contributed by atoms with E-state index in [0.717, 1.165) is 52.7 Å². The molecule has 5 aromatic rings. The molecule has 0 unspecified atom stereocenters. The largest absolute Gasteiger partial charge is 0.493 e. The zero-order chi connectivity index (χ0) is 23.2. The fourth-order valence-electron chi connectivity index (χ4n) is 4.93. The number of hydrogen-bond acceptors (Lipinski definition) is 2. The van der Waals surface area contributed by atoms with Crippen LogP contribution in [-0.4, -0.2) is 17.0 Å². The molecular formula is C30H27N2O2+. The summed E-state index contributed by atoms with van der Waals surface area (Å²) in [5.74, 6) is 1.12. The van der Waals surface area contributed by atoms with Gasteiger partial charge in [0.2, 0.25) is 12.1 Å². The molecule has 168 valence electrons. The van der Waals surface area contributed by atoms with Crippen LogP contribution in [0.1, 0.15) is 32.6 Å². The Bertz CT molecular complexity index is 1580. The third-order valence-electron chi connectivity index (χ3n) is 6.98. The van der Waals surface area contributed by atoms with Crippen molar-refractivity contribution in [2.75, 3.05) is 6.61 Å². The molecule has 0 saturated carbocycles. The molecule has 4 heteroatoms. The minimum atomic E-state index is 0.114. The zero-order valence-electron chi connectivity index (χ0n) is 19.5. The van der Waals surface area contributed by atoms with Gasteiger partial charge in [-0.05, 0) is 77.2 Å². The van der Waals surface area contributed by atoms with E-state index >= 15 is 0 Å². The van der Waals surface area contributed by atoms with Gasteiger partial charge in [0.05, 0.1) is 6.61 Å². The highest BCUT2D eigenvalue weighted by molar-refractivity contribution is 6.00. The number of Topliss-reactive ketones (excluding diaryl/α,β-unsaturated/α-hetero) is 1. The van der Waals surface area contributed by atoms with Gasteiger partial charge in [-0.1, -0.05) is 42.5 Å². The molecule has 4 aromatic carbocycles. The number of ether oxygens (including phenoxy) is 1. The smallest absolute Gasteiger partial charge is 0.245 e. The van der Waals surface area contributed by atoms with E-state index in [1.165, 1.54) is 22.3 Å². The topological polar surface area (TPSA) is 35.1 Å². The summed E-state index contributed by atoms with van der Waals surface area (Å²) in [4.78, 5) is 13.3. The normalized spacial score (nSPS) is 12.8. The van der Waals surface area contributed by atoms with Gasteiger partial charge >= 0.3 is 0 Å². The lowest BCUT2D eigenvalue weighted by Crippen LogP contribution is -2.33. The first-order chi connectivity index (χ1) is 16.5. The van der Waals surface area contributed by atoms with Gasteiger partial charge in [0.1, 0.15) is 12.3 Å². The van der Waals surface area contributed by atoms with Crippen molar-refractivity contribution < 1.29 is 14.1 Å². The number of carbonyl (C=O) groups excluding carboxylic acids is 1. The molecule has 1 aromatic heterocycles. The number of nitrogens with zero attached hydrogens (tertiary/aromatic N) is 2. The van der Waals surface area contributed by atoms with Crippen molar-refractivity contribution in [1.29, 1.82) is 0 Å². The zero-order valence-corrected chi connectivity index (χ0v) is 19.5. The van der Waals surface area contributed by atoms with Gasteiger partial charge < -0.3 is 4.74 Å². The van der Waals surface area contributed by atoms with Crippen molar-refractivity contribution in [3.8, 4) is 5.75 Å². The minimum absolute atomic E-state index is 0.114. The van der Waals surface area contributed by atoms with E-state index in [9.17, 15) is 4.79 Å². The van der Waals surface area contributed by atoms with Gasteiger partial charge in [-0.25, -0.2) is 9.13 Å². The lowest BCUT2D eigenvalue weighted by molar-refractivity contribution is -0.663. The van der Waals surface area contributed by atoms with Crippen LogP contribution in [0.2, 0.25) is 0 Å². The first-order valence-corrected chi connectivity index (χ1v) is 11.8. The average molecular weight is 448 g/mol. The van der Waals surface area contributed by atoms with Crippen LogP contribution in [0.3, 0.4) is 0 Å². The van der Waals surface area contributed by atoms with Crippen LogP contribution in [0, 0.1) is 13.8 Å². The average Bonchev–Trinajstić information content (AvgIpc) is 3.44. The predicted molar refractivity (Wildman–Crippen MR) is 135 cm³/mol. The maximum Gasteiger partial charge on any atom is 0.245 e. The number of aryl methyl sites for hydroxylation is 2. The summed E-state index contributed by atoms with van der Waals surface area (Å²) in [5.41, 5.74) is 7.98. The molecule has 1 aliphatic heterocycles. The summed E-state index contributed by atoms with van der Waals surface area (Å²) < 4.78 is 10.0. The number of hydrogen-bond donors (Lipinski definition) is 0. The minimum Gasteiger partial charge on any atom is -0.493 e. The lowest BCUT2D eigenvalue weighted by atomic mass is 10.0. The SMILES string of the molecule is Cc1cc2c(cc1C)[n+](Cc1ccc3c(c1)CCO3)cn2CC(=O)c1ccc2ccccc2c1. The molecule has 0 atom stereocenters. The lowest BCUT2D eigenvalue weighted by Gasteiger charge is -2.04. The second kappa shape index (κ2) is 8.14. The van der Waals surface area contributed by atoms with E-state index in [-0.39, 0.29) is 5.78 Å². The van der Waals surface area contributed by atoms with E-state index in [4.69, 9.17) is 4.74 Å². The summed E-state index contributed by atoms with van der Waals surface area (Å²) in [7, 11) is 0. The second-order valence-electron chi connectivity index (χ2n) is 9.32. The van der Waals surface area contributed by atoms with Crippen LogP contribution in [0.15, 0.2) is 79.1 Å². The van der Waals surface area contributed by atoms with Crippen molar-refractivity contribution in [1.82, 2.24) is 4.57 Å². The maximum absolute atomic E-state index is 13.3. The van der Waals surface area contributed by atoms with E-state index in [2.05, 4.69) is 71.8 Å². The Morgan fingerprint density at radius 2 is 1.76 bits per heavy atom. The summed E-state index contributed by atoms with van der Waals surface area (Å²) in [6.45, 7) is 6.10. The number of fused-ring (bicyclic) bond motifs is 3. The Balaban J connectivity index is 1.37. The van der Waals surface area contributed by atoms with Gasteiger partial charge in [-0.3, -0.25) is 4.79 Å². The summed E-state index contributed by atoms with van der Waals surface area (Å²) in [6.07, 6.45) is 3.06. The number of ketones is 1. The number of aromatic nitrogens is 2. The van der Waals surface area contributed by atoms with Crippen LogP contribution in [0.25, 0.3) is 21.8 Å². The first-order valence-electron chi connectivity index (χ1n) is 11.8. The molecule has 6 rings (SSSR count). The first kappa shape index (κ1) is 20.7. The third-order valence-corrected chi connectivity index (χ3v) is 6.98. The summed E-state index contributed by atoms with van der Waals surface area (Å²) >= 11 is 0. The molecule has 0 spiro atoms. The van der Waals surface area contributed by atoms with E-state index in [1.807, 2.05) is 30.3 Å². The molecule has 0 saturated heterocycles. The van der Waals surface area contributed by atoms with Gasteiger partial charge in [0.15, 0.2) is 17.6 Å². The Hall–Kier alpha value is -3.92. The van der Waals surface area contributed by atoms with E-state index < -0.39 is 0 Å². The molecule has 0 amide bonds. The van der Waals surface area contributed by atoms with Crippen LogP contribution < -0.4 is 9.30 Å². The standard InChI is InChI=1S/C30H27N2O2/c1-20-13-27-28(14-21(20)2)32(18-29(33)25-9-8-23-5-3-4-6-24(23)16-25)19-31(27)17-22-7-10-30-26(15-22)11-12-34-30/h3-10,13-16,19H,11-12,17-18H2,1-2H3/q+1. The fraction of sp³-hybridized carbons (Fsp3) is 0.200. The van der Waals surface area contributed by atoms with E-state index in [0.29, 0.717) is 6.54 Å². The van der Waals surface area contributed by atoms with Crippen molar-refractivity contribution >= 4 is 27.6 Å². The maximum atomic E-state index is 13.3. The van der Waals surface area contributed by atoms with Crippen molar-refractivity contribution in [2.24, 2.45) is 0 Å². The molecule has 4 nitrogen and oxygen atoms in total. The van der Waals surface area contributed by atoms with Gasteiger partial charge in [-0.2, -0.15) is 0 Å². The van der Waals surface area contributed by atoms with Crippen molar-refractivity contribution in [2.45, 2.75) is 33.4 Å². The summed E-state index contributed by atoms with van der Waals surface area (Å²) in [6, 6.07) is 25.0. The van der Waals surface area contributed by atoms with Crippen molar-refractivity contribution in [3.05, 3.63) is 107 Å². The Kier molecular flexibility index (Phi) is 4.95. The number of carbonyl (C=O) groups is 1. The molecule has 34 heavy (non-hydrogen) atoms. The quantitative estimate of drug-likeness (QED) is 0.261. The van der Waals surface area contributed by atoms with Crippen LogP contribution >= 0.6 is 0 Å². The van der Waals surface area contributed by atoms with Gasteiger partial charge in [-0.15, -0.1) is 0 Å². The van der Waals surface area contributed by atoms with Crippen LogP contribution in [0.4, 0.5) is 0 Å². The molecule has 0 radical (unpaired) electrons. The molecule has 0 N–H and O–H groups in total. The third kappa shape index (κ3) is 3.65. The number of imidazole rings is 1. The van der Waals surface area contributed by atoms with Crippen LogP contribution in [-0.2, 0) is 19.5 Å². The Morgan fingerprint density at radius 1 is 0.941 bits per heavy atom. The molecule has 0 aliphatic carbocycles. The molecule has 1 aliphatic rings. The van der Waals surface area contributed by atoms with Crippen LogP contribution in [0.5, 0.6) is 5.75 Å². The highest BCUT2D eigenvalue weighted by atomic mass is 16.5. The summed E-state index contributed by atoms with van der Waals surface area (Å²) in [5, 5.41) is 2.24. The number of rotatable bonds is 5. The van der Waals surface area contributed by atoms with Crippen molar-refractivity contribution in [3.63, 3.8) is 0 Å². The fourth-order valence-corrected chi connectivity index (χ4v) is 4.93. The highest BCUT2D eigenvalue weighted by Gasteiger charge is 2.21. The Morgan fingerprint density at radius 3 is 2.65 bits per heavy atom. The number of benzene rings is 4. The van der Waals surface area contributed by atoms with Gasteiger partial charge in [0, 0.05) is 12.0 Å². The second-order valence-corrected chi connectivity index (χ2v) is 9.32. The molecule has 0 bridgehead atoms. The predicted octanol–water partition coefficient (Wildman–Crippen LogP) is 5.56. The highest BCUT2D eigenvalue weighted by Crippen LogP contribution is 2.26.